The minimum absolute atomic E-state index is 0.144. The second kappa shape index (κ2) is 7.77. The summed E-state index contributed by atoms with van der Waals surface area (Å²) in [4.78, 5) is 0. The fraction of sp³-hybridized carbons (Fsp3) is 0.400. The molecule has 24 heavy (non-hydrogen) atoms. The molecule has 0 aromatic heterocycles. The highest BCUT2D eigenvalue weighted by atomic mass is 19.1. The summed E-state index contributed by atoms with van der Waals surface area (Å²) in [6.45, 7) is 6.27. The Kier molecular flexibility index (Phi) is 5.48. The topological polar surface area (TPSA) is 30.5 Å². The summed E-state index contributed by atoms with van der Waals surface area (Å²) in [6.07, 6.45) is 1.36. The fourth-order valence-corrected chi connectivity index (χ4v) is 2.93. The van der Waals surface area contributed by atoms with Gasteiger partial charge in [-0.2, -0.15) is 0 Å². The van der Waals surface area contributed by atoms with Gasteiger partial charge in [-0.3, -0.25) is 0 Å². The summed E-state index contributed by atoms with van der Waals surface area (Å²) in [7, 11) is 0. The third kappa shape index (κ3) is 4.34. The number of hydrogen-bond donors (Lipinski definition) is 1. The van der Waals surface area contributed by atoms with Crippen LogP contribution in [0.15, 0.2) is 42.5 Å². The monoisotopic (exact) mass is 329 g/mol. The van der Waals surface area contributed by atoms with E-state index >= 15 is 0 Å². The standard InChI is InChI=1S/C20H24FNO2/c1-14(2)24-18-6-3-15(4-7-18)20-8-5-17(21)11-16(20)13-23-19-9-10-22-12-19/h3-8,11,14,19,22H,9-10,12-13H2,1-2H3. The second-order valence-electron chi connectivity index (χ2n) is 6.42. The van der Waals surface area contributed by atoms with Crippen LogP contribution in [-0.4, -0.2) is 25.3 Å². The third-order valence-electron chi connectivity index (χ3n) is 4.09. The molecule has 0 saturated carbocycles. The van der Waals surface area contributed by atoms with E-state index < -0.39 is 0 Å². The highest BCUT2D eigenvalue weighted by Gasteiger charge is 2.16. The summed E-state index contributed by atoms with van der Waals surface area (Å²) in [5, 5.41) is 3.28. The molecule has 0 radical (unpaired) electrons. The maximum Gasteiger partial charge on any atom is 0.123 e. The van der Waals surface area contributed by atoms with Crippen LogP contribution < -0.4 is 10.1 Å². The van der Waals surface area contributed by atoms with Gasteiger partial charge < -0.3 is 14.8 Å². The van der Waals surface area contributed by atoms with Crippen molar-refractivity contribution in [2.24, 2.45) is 0 Å². The molecule has 128 valence electrons. The molecule has 0 bridgehead atoms. The van der Waals surface area contributed by atoms with Crippen molar-refractivity contribution in [2.45, 2.75) is 39.1 Å². The van der Waals surface area contributed by atoms with Crippen molar-refractivity contribution in [3.63, 3.8) is 0 Å². The third-order valence-corrected chi connectivity index (χ3v) is 4.09. The molecular weight excluding hydrogens is 305 g/mol. The van der Waals surface area contributed by atoms with Gasteiger partial charge in [-0.05, 0) is 67.8 Å². The van der Waals surface area contributed by atoms with Crippen LogP contribution in [0.3, 0.4) is 0 Å². The van der Waals surface area contributed by atoms with E-state index in [1.54, 1.807) is 6.07 Å². The Morgan fingerprint density at radius 2 is 1.96 bits per heavy atom. The average Bonchev–Trinajstić information content (AvgIpc) is 3.07. The molecule has 2 aromatic carbocycles. The van der Waals surface area contributed by atoms with Gasteiger partial charge >= 0.3 is 0 Å². The summed E-state index contributed by atoms with van der Waals surface area (Å²) in [5.74, 6) is 0.604. The number of nitrogens with one attached hydrogen (secondary N) is 1. The Bertz CT molecular complexity index is 664. The number of rotatable bonds is 6. The van der Waals surface area contributed by atoms with Gasteiger partial charge in [0.05, 0.1) is 18.8 Å². The van der Waals surface area contributed by atoms with Gasteiger partial charge in [0.1, 0.15) is 11.6 Å². The molecule has 3 rings (SSSR count). The lowest BCUT2D eigenvalue weighted by Crippen LogP contribution is -2.16. The molecule has 1 unspecified atom stereocenters. The largest absolute Gasteiger partial charge is 0.491 e. The van der Waals surface area contributed by atoms with Crippen LogP contribution >= 0.6 is 0 Å². The van der Waals surface area contributed by atoms with Crippen LogP contribution in [0, 0.1) is 5.82 Å². The zero-order valence-corrected chi connectivity index (χ0v) is 14.2. The molecule has 2 aromatic rings. The molecule has 1 fully saturated rings. The number of ether oxygens (including phenoxy) is 2. The Labute approximate surface area is 142 Å². The van der Waals surface area contributed by atoms with Crippen molar-refractivity contribution in [1.29, 1.82) is 0 Å². The van der Waals surface area contributed by atoms with Gasteiger partial charge in [-0.1, -0.05) is 18.2 Å². The fourth-order valence-electron chi connectivity index (χ4n) is 2.93. The van der Waals surface area contributed by atoms with Crippen LogP contribution in [0.2, 0.25) is 0 Å². The first-order valence-corrected chi connectivity index (χ1v) is 8.49. The molecular formula is C20H24FNO2. The average molecular weight is 329 g/mol. The molecule has 4 heteroatoms. The Balaban J connectivity index is 1.78. The normalized spacial score (nSPS) is 17.4. The quantitative estimate of drug-likeness (QED) is 0.863. The zero-order chi connectivity index (χ0) is 16.9. The summed E-state index contributed by atoms with van der Waals surface area (Å²) < 4.78 is 25.3. The van der Waals surface area contributed by atoms with Crippen LogP contribution in [-0.2, 0) is 11.3 Å². The molecule has 1 aliphatic rings. The smallest absolute Gasteiger partial charge is 0.123 e. The van der Waals surface area contributed by atoms with E-state index in [-0.39, 0.29) is 18.0 Å². The van der Waals surface area contributed by atoms with Gasteiger partial charge in [-0.15, -0.1) is 0 Å². The van der Waals surface area contributed by atoms with Gasteiger partial charge in [0.2, 0.25) is 0 Å². The Morgan fingerprint density at radius 1 is 1.17 bits per heavy atom. The van der Waals surface area contributed by atoms with Crippen LogP contribution in [0.5, 0.6) is 5.75 Å². The first-order valence-electron chi connectivity index (χ1n) is 8.49. The number of hydrogen-bond acceptors (Lipinski definition) is 3. The van der Waals surface area contributed by atoms with Crippen molar-refractivity contribution >= 4 is 0 Å². The molecule has 1 N–H and O–H groups in total. The lowest BCUT2D eigenvalue weighted by Gasteiger charge is -2.15. The van der Waals surface area contributed by atoms with Crippen molar-refractivity contribution in [3.8, 4) is 16.9 Å². The number of halogens is 1. The number of benzene rings is 2. The highest BCUT2D eigenvalue weighted by Crippen LogP contribution is 2.28. The van der Waals surface area contributed by atoms with Crippen LogP contribution in [0.1, 0.15) is 25.8 Å². The minimum atomic E-state index is -0.235. The first-order chi connectivity index (χ1) is 11.6. The van der Waals surface area contributed by atoms with E-state index in [0.29, 0.717) is 6.61 Å². The molecule has 3 nitrogen and oxygen atoms in total. The lowest BCUT2D eigenvalue weighted by molar-refractivity contribution is 0.0543. The first kappa shape index (κ1) is 16.9. The van der Waals surface area contributed by atoms with Gasteiger partial charge in [0, 0.05) is 6.54 Å². The van der Waals surface area contributed by atoms with E-state index in [0.717, 1.165) is 42.0 Å². The van der Waals surface area contributed by atoms with Crippen molar-refractivity contribution in [1.82, 2.24) is 5.32 Å². The minimum Gasteiger partial charge on any atom is -0.491 e. The Morgan fingerprint density at radius 3 is 2.62 bits per heavy atom. The molecule has 1 saturated heterocycles. The predicted octanol–water partition coefficient (Wildman–Crippen LogP) is 4.16. The maximum absolute atomic E-state index is 13.7. The van der Waals surface area contributed by atoms with E-state index in [1.165, 1.54) is 6.07 Å². The van der Waals surface area contributed by atoms with E-state index in [4.69, 9.17) is 9.47 Å². The Hall–Kier alpha value is -1.91. The molecule has 1 aliphatic heterocycles. The van der Waals surface area contributed by atoms with E-state index in [2.05, 4.69) is 5.32 Å². The SMILES string of the molecule is CC(C)Oc1ccc(-c2ccc(F)cc2COC2CCNC2)cc1. The predicted molar refractivity (Wildman–Crippen MR) is 93.7 cm³/mol. The van der Waals surface area contributed by atoms with Gasteiger partial charge in [0.15, 0.2) is 0 Å². The summed E-state index contributed by atoms with van der Waals surface area (Å²) in [6, 6.07) is 12.8. The molecule has 0 amide bonds. The maximum atomic E-state index is 13.7. The summed E-state index contributed by atoms with van der Waals surface area (Å²) >= 11 is 0. The lowest BCUT2D eigenvalue weighted by atomic mass is 10.00. The summed E-state index contributed by atoms with van der Waals surface area (Å²) in [5.41, 5.74) is 2.91. The van der Waals surface area contributed by atoms with Crippen molar-refractivity contribution in [2.75, 3.05) is 13.1 Å². The van der Waals surface area contributed by atoms with Crippen LogP contribution in [0.25, 0.3) is 11.1 Å². The van der Waals surface area contributed by atoms with E-state index in [1.807, 2.05) is 44.2 Å². The zero-order valence-electron chi connectivity index (χ0n) is 14.2. The molecule has 1 atom stereocenters. The molecule has 0 spiro atoms. The van der Waals surface area contributed by atoms with Crippen molar-refractivity contribution in [3.05, 3.63) is 53.8 Å². The van der Waals surface area contributed by atoms with Crippen LogP contribution in [0.4, 0.5) is 4.39 Å². The molecule has 0 aliphatic carbocycles. The second-order valence-corrected chi connectivity index (χ2v) is 6.42. The van der Waals surface area contributed by atoms with Gasteiger partial charge in [0.25, 0.3) is 0 Å². The highest BCUT2D eigenvalue weighted by molar-refractivity contribution is 5.68. The molecule has 1 heterocycles. The van der Waals surface area contributed by atoms with E-state index in [9.17, 15) is 4.39 Å². The van der Waals surface area contributed by atoms with Crippen molar-refractivity contribution < 1.29 is 13.9 Å². The van der Waals surface area contributed by atoms with Gasteiger partial charge in [-0.25, -0.2) is 4.39 Å².